The summed E-state index contributed by atoms with van der Waals surface area (Å²) >= 11 is 5.90. The third kappa shape index (κ3) is 5.36. The molecule has 1 aliphatic rings. The van der Waals surface area contributed by atoms with E-state index in [-0.39, 0.29) is 5.91 Å². The first-order chi connectivity index (χ1) is 15.6. The molecular formula is C24H24ClN5O2. The van der Waals surface area contributed by atoms with E-state index in [1.807, 2.05) is 48.5 Å². The van der Waals surface area contributed by atoms with Crippen molar-refractivity contribution in [3.8, 4) is 0 Å². The van der Waals surface area contributed by atoms with Gasteiger partial charge in [-0.15, -0.1) is 0 Å². The van der Waals surface area contributed by atoms with E-state index in [1.54, 1.807) is 35.4 Å². The standard InChI is InChI=1S/C24H24ClN5O2/c25-19-9-11-20(12-10-19)27-24(32)28-22(18-6-2-1-3-7-18)23(31)30-16-14-29(15-17-30)21-8-4-5-13-26-21/h1-13,22H,14-17H2,(H2,27,28,32)/t22-/m1/s1. The highest BCUT2D eigenvalue weighted by Gasteiger charge is 2.30. The summed E-state index contributed by atoms with van der Waals surface area (Å²) in [7, 11) is 0. The van der Waals surface area contributed by atoms with Crippen molar-refractivity contribution in [2.45, 2.75) is 6.04 Å². The number of anilines is 2. The van der Waals surface area contributed by atoms with Gasteiger partial charge in [0.15, 0.2) is 0 Å². The maximum absolute atomic E-state index is 13.4. The van der Waals surface area contributed by atoms with Crippen molar-refractivity contribution in [2.75, 3.05) is 36.4 Å². The molecule has 164 valence electrons. The third-order valence-electron chi connectivity index (χ3n) is 5.32. The number of pyridine rings is 1. The van der Waals surface area contributed by atoms with Crippen molar-refractivity contribution in [1.29, 1.82) is 0 Å². The average molecular weight is 450 g/mol. The smallest absolute Gasteiger partial charge is 0.320 e. The van der Waals surface area contributed by atoms with Crippen LogP contribution in [0.3, 0.4) is 0 Å². The third-order valence-corrected chi connectivity index (χ3v) is 5.57. The van der Waals surface area contributed by atoms with E-state index in [0.717, 1.165) is 11.4 Å². The molecule has 0 spiro atoms. The summed E-state index contributed by atoms with van der Waals surface area (Å²) in [6.07, 6.45) is 1.77. The van der Waals surface area contributed by atoms with Crippen LogP contribution in [0.25, 0.3) is 0 Å². The van der Waals surface area contributed by atoms with Crippen LogP contribution in [-0.4, -0.2) is 48.0 Å². The van der Waals surface area contributed by atoms with Crippen LogP contribution >= 0.6 is 11.6 Å². The second-order valence-corrected chi connectivity index (χ2v) is 7.89. The molecule has 3 aromatic rings. The largest absolute Gasteiger partial charge is 0.353 e. The highest BCUT2D eigenvalue weighted by molar-refractivity contribution is 6.30. The Balaban J connectivity index is 1.44. The zero-order chi connectivity index (χ0) is 22.3. The molecule has 1 saturated heterocycles. The highest BCUT2D eigenvalue weighted by Crippen LogP contribution is 2.20. The van der Waals surface area contributed by atoms with E-state index in [1.165, 1.54) is 0 Å². The van der Waals surface area contributed by atoms with Gasteiger partial charge in [-0.1, -0.05) is 48.0 Å². The molecule has 0 bridgehead atoms. The van der Waals surface area contributed by atoms with E-state index in [0.29, 0.717) is 36.9 Å². The van der Waals surface area contributed by atoms with Gasteiger partial charge in [-0.25, -0.2) is 9.78 Å². The van der Waals surface area contributed by atoms with Gasteiger partial charge >= 0.3 is 6.03 Å². The van der Waals surface area contributed by atoms with Gasteiger partial charge in [0.1, 0.15) is 11.9 Å². The van der Waals surface area contributed by atoms with Crippen molar-refractivity contribution in [3.63, 3.8) is 0 Å². The Morgan fingerprint density at radius 1 is 0.875 bits per heavy atom. The van der Waals surface area contributed by atoms with E-state index in [9.17, 15) is 9.59 Å². The number of hydrogen-bond donors (Lipinski definition) is 2. The molecule has 0 unspecified atom stereocenters. The minimum atomic E-state index is -0.787. The summed E-state index contributed by atoms with van der Waals surface area (Å²) in [4.78, 5) is 34.4. The summed E-state index contributed by atoms with van der Waals surface area (Å²) in [5.41, 5.74) is 1.33. The second-order valence-electron chi connectivity index (χ2n) is 7.45. The van der Waals surface area contributed by atoms with Gasteiger partial charge in [0, 0.05) is 43.1 Å². The molecule has 0 radical (unpaired) electrons. The Hall–Kier alpha value is -3.58. The zero-order valence-electron chi connectivity index (χ0n) is 17.4. The molecule has 7 nitrogen and oxygen atoms in total. The van der Waals surface area contributed by atoms with Crippen LogP contribution in [0.4, 0.5) is 16.3 Å². The maximum Gasteiger partial charge on any atom is 0.320 e. The summed E-state index contributed by atoms with van der Waals surface area (Å²) in [6.45, 7) is 2.47. The number of nitrogens with zero attached hydrogens (tertiary/aromatic N) is 3. The highest BCUT2D eigenvalue weighted by atomic mass is 35.5. The van der Waals surface area contributed by atoms with Crippen LogP contribution in [0.1, 0.15) is 11.6 Å². The van der Waals surface area contributed by atoms with Crippen molar-refractivity contribution in [3.05, 3.63) is 89.6 Å². The molecule has 1 fully saturated rings. The lowest BCUT2D eigenvalue weighted by molar-refractivity contribution is -0.133. The molecule has 1 atom stereocenters. The fraction of sp³-hybridized carbons (Fsp3) is 0.208. The van der Waals surface area contributed by atoms with Crippen LogP contribution < -0.4 is 15.5 Å². The molecule has 1 aromatic heterocycles. The number of amides is 3. The first-order valence-corrected chi connectivity index (χ1v) is 10.8. The van der Waals surface area contributed by atoms with Crippen LogP contribution in [0.2, 0.25) is 5.02 Å². The average Bonchev–Trinajstić information content (AvgIpc) is 2.85. The van der Waals surface area contributed by atoms with Crippen LogP contribution in [-0.2, 0) is 4.79 Å². The van der Waals surface area contributed by atoms with Gasteiger partial charge in [-0.3, -0.25) is 4.79 Å². The monoisotopic (exact) mass is 449 g/mol. The molecule has 1 aliphatic heterocycles. The Morgan fingerprint density at radius 3 is 2.22 bits per heavy atom. The van der Waals surface area contributed by atoms with E-state index >= 15 is 0 Å². The molecule has 0 saturated carbocycles. The Labute approximate surface area is 192 Å². The number of aromatic nitrogens is 1. The molecule has 2 heterocycles. The molecule has 2 aromatic carbocycles. The van der Waals surface area contributed by atoms with Gasteiger partial charge in [0.25, 0.3) is 0 Å². The fourth-order valence-electron chi connectivity index (χ4n) is 3.64. The van der Waals surface area contributed by atoms with Crippen molar-refractivity contribution in [2.24, 2.45) is 0 Å². The minimum Gasteiger partial charge on any atom is -0.353 e. The second kappa shape index (κ2) is 10.2. The zero-order valence-corrected chi connectivity index (χ0v) is 18.2. The lowest BCUT2D eigenvalue weighted by atomic mass is 10.1. The Kier molecular flexibility index (Phi) is 6.87. The molecule has 2 N–H and O–H groups in total. The predicted octanol–water partition coefficient (Wildman–Crippen LogP) is 3.95. The number of piperazine rings is 1. The normalized spacial score (nSPS) is 14.5. The molecule has 4 rings (SSSR count). The van der Waals surface area contributed by atoms with Gasteiger partial charge in [-0.2, -0.15) is 0 Å². The summed E-state index contributed by atoms with van der Waals surface area (Å²) in [6, 6.07) is 20.6. The lowest BCUT2D eigenvalue weighted by Crippen LogP contribution is -2.52. The van der Waals surface area contributed by atoms with Crippen molar-refractivity contribution < 1.29 is 9.59 Å². The predicted molar refractivity (Wildman–Crippen MR) is 126 cm³/mol. The number of nitrogens with one attached hydrogen (secondary N) is 2. The topological polar surface area (TPSA) is 77.6 Å². The quantitative estimate of drug-likeness (QED) is 0.618. The molecular weight excluding hydrogens is 426 g/mol. The first kappa shape index (κ1) is 21.6. The van der Waals surface area contributed by atoms with Gasteiger partial charge < -0.3 is 20.4 Å². The lowest BCUT2D eigenvalue weighted by Gasteiger charge is -2.37. The summed E-state index contributed by atoms with van der Waals surface area (Å²) in [5.74, 6) is 0.766. The van der Waals surface area contributed by atoms with E-state index in [2.05, 4.69) is 20.5 Å². The molecule has 3 amide bonds. The maximum atomic E-state index is 13.4. The number of benzene rings is 2. The van der Waals surface area contributed by atoms with E-state index in [4.69, 9.17) is 11.6 Å². The molecule has 32 heavy (non-hydrogen) atoms. The minimum absolute atomic E-state index is 0.136. The SMILES string of the molecule is O=C(Nc1ccc(Cl)cc1)N[C@@H](C(=O)N1CCN(c2ccccn2)CC1)c1ccccc1. The van der Waals surface area contributed by atoms with Gasteiger partial charge in [0.2, 0.25) is 5.91 Å². The first-order valence-electron chi connectivity index (χ1n) is 10.4. The van der Waals surface area contributed by atoms with Crippen molar-refractivity contribution >= 4 is 35.0 Å². The van der Waals surface area contributed by atoms with Crippen molar-refractivity contribution in [1.82, 2.24) is 15.2 Å². The number of carbonyl (C=O) groups excluding carboxylic acids is 2. The van der Waals surface area contributed by atoms with Crippen LogP contribution in [0.5, 0.6) is 0 Å². The van der Waals surface area contributed by atoms with Crippen LogP contribution in [0.15, 0.2) is 79.0 Å². The fourth-order valence-corrected chi connectivity index (χ4v) is 3.77. The number of halogens is 1. The number of carbonyl (C=O) groups is 2. The molecule has 8 heteroatoms. The Bertz CT molecular complexity index is 1040. The van der Waals surface area contributed by atoms with Gasteiger partial charge in [0.05, 0.1) is 0 Å². The summed E-state index contributed by atoms with van der Waals surface area (Å²) < 4.78 is 0. The molecule has 0 aliphatic carbocycles. The van der Waals surface area contributed by atoms with E-state index < -0.39 is 12.1 Å². The summed E-state index contributed by atoms with van der Waals surface area (Å²) in [5, 5.41) is 6.18. The Morgan fingerprint density at radius 2 is 1.56 bits per heavy atom. The number of urea groups is 1. The van der Waals surface area contributed by atoms with Gasteiger partial charge in [-0.05, 0) is 42.0 Å². The number of rotatable bonds is 5. The van der Waals surface area contributed by atoms with Crippen LogP contribution in [0, 0.1) is 0 Å². The number of hydrogen-bond acceptors (Lipinski definition) is 4.